The molecule has 0 aliphatic heterocycles. The maximum absolute atomic E-state index is 11.4. The van der Waals surface area contributed by atoms with Crippen molar-refractivity contribution in [3.63, 3.8) is 0 Å². The fourth-order valence-electron chi connectivity index (χ4n) is 1.79. The van der Waals surface area contributed by atoms with E-state index in [2.05, 4.69) is 14.9 Å². The molecule has 1 N–H and O–H groups in total. The van der Waals surface area contributed by atoms with Gasteiger partial charge in [0, 0.05) is 6.20 Å². The summed E-state index contributed by atoms with van der Waals surface area (Å²) in [5.41, 5.74) is 0.702. The Morgan fingerprint density at radius 2 is 2.00 bits per heavy atom. The van der Waals surface area contributed by atoms with Crippen molar-refractivity contribution in [2.45, 2.75) is 19.9 Å². The highest BCUT2D eigenvalue weighted by atomic mass is 32.2. The summed E-state index contributed by atoms with van der Waals surface area (Å²) in [6, 6.07) is 5.16. The normalized spacial score (nSPS) is 14.2. The summed E-state index contributed by atoms with van der Waals surface area (Å²) in [5, 5.41) is 8.12. The minimum Gasteiger partial charge on any atom is -0.285 e. The van der Waals surface area contributed by atoms with Crippen LogP contribution in [-0.2, 0) is 10.0 Å². The van der Waals surface area contributed by atoms with Gasteiger partial charge in [0.2, 0.25) is 10.0 Å². The molecule has 0 saturated carbocycles. The monoisotopic (exact) mass is 268 g/mol. The molecule has 0 saturated heterocycles. The second-order valence-electron chi connectivity index (χ2n) is 4.60. The lowest BCUT2D eigenvalue weighted by atomic mass is 10.1. The van der Waals surface area contributed by atoms with Crippen molar-refractivity contribution in [1.29, 1.82) is 0 Å². The van der Waals surface area contributed by atoms with Crippen LogP contribution >= 0.6 is 0 Å². The van der Waals surface area contributed by atoms with E-state index in [-0.39, 0.29) is 5.92 Å². The summed E-state index contributed by atoms with van der Waals surface area (Å²) in [4.78, 5) is 0. The maximum atomic E-state index is 11.4. The fraction of sp³-hybridized carbons (Fsp3) is 0.455. The highest BCUT2D eigenvalue weighted by molar-refractivity contribution is 7.88. The molecule has 0 spiro atoms. The molecule has 2 heterocycles. The summed E-state index contributed by atoms with van der Waals surface area (Å²) >= 11 is 0. The van der Waals surface area contributed by atoms with Gasteiger partial charge in [-0.25, -0.2) is 13.1 Å². The Balaban J connectivity index is 2.49. The third kappa shape index (κ3) is 2.68. The highest BCUT2D eigenvalue weighted by Gasteiger charge is 2.24. The van der Waals surface area contributed by atoms with Crippen molar-refractivity contribution in [3.8, 4) is 0 Å². The van der Waals surface area contributed by atoms with E-state index in [1.54, 1.807) is 4.40 Å². The van der Waals surface area contributed by atoms with Crippen LogP contribution in [0.4, 0.5) is 0 Å². The second kappa shape index (κ2) is 4.66. The molecule has 0 radical (unpaired) electrons. The Labute approximate surface area is 106 Å². The number of nitrogens with zero attached hydrogens (tertiary/aromatic N) is 3. The number of hydrogen-bond donors (Lipinski definition) is 1. The van der Waals surface area contributed by atoms with Gasteiger partial charge in [-0.05, 0) is 18.1 Å². The zero-order valence-electron chi connectivity index (χ0n) is 10.5. The fourth-order valence-corrected chi connectivity index (χ4v) is 2.63. The molecular weight excluding hydrogens is 252 g/mol. The zero-order chi connectivity index (χ0) is 13.3. The number of sulfonamides is 1. The molecule has 1 atom stereocenters. The van der Waals surface area contributed by atoms with Gasteiger partial charge in [0.05, 0.1) is 12.3 Å². The van der Waals surface area contributed by atoms with Crippen LogP contribution in [0.15, 0.2) is 24.4 Å². The Morgan fingerprint density at radius 3 is 2.61 bits per heavy atom. The van der Waals surface area contributed by atoms with Crippen molar-refractivity contribution in [1.82, 2.24) is 19.3 Å². The molecule has 0 aliphatic rings. The van der Waals surface area contributed by atoms with E-state index in [1.807, 2.05) is 38.2 Å². The van der Waals surface area contributed by atoms with Crippen LogP contribution in [0.2, 0.25) is 0 Å². The van der Waals surface area contributed by atoms with Crippen LogP contribution < -0.4 is 4.72 Å². The lowest BCUT2D eigenvalue weighted by molar-refractivity contribution is 0.443. The van der Waals surface area contributed by atoms with Crippen molar-refractivity contribution in [2.24, 2.45) is 5.92 Å². The summed E-state index contributed by atoms with van der Waals surface area (Å²) < 4.78 is 27.2. The van der Waals surface area contributed by atoms with Gasteiger partial charge in [0.25, 0.3) is 0 Å². The molecule has 98 valence electrons. The summed E-state index contributed by atoms with van der Waals surface area (Å²) in [6.07, 6.45) is 2.97. The number of pyridine rings is 1. The average Bonchev–Trinajstić information content (AvgIpc) is 2.68. The second-order valence-corrected chi connectivity index (χ2v) is 6.38. The van der Waals surface area contributed by atoms with Gasteiger partial charge in [-0.15, -0.1) is 10.2 Å². The van der Waals surface area contributed by atoms with Crippen molar-refractivity contribution < 1.29 is 8.42 Å². The van der Waals surface area contributed by atoms with E-state index < -0.39 is 16.1 Å². The lowest BCUT2D eigenvalue weighted by Gasteiger charge is -2.19. The van der Waals surface area contributed by atoms with Crippen LogP contribution in [0.5, 0.6) is 0 Å². The summed E-state index contributed by atoms with van der Waals surface area (Å²) in [5.74, 6) is 0.679. The molecular formula is C11H16N4O2S. The number of aromatic nitrogens is 3. The number of rotatable bonds is 4. The van der Waals surface area contributed by atoms with Crippen LogP contribution in [-0.4, -0.2) is 29.3 Å². The molecule has 2 aromatic rings. The van der Waals surface area contributed by atoms with Crippen molar-refractivity contribution in [2.75, 3.05) is 6.26 Å². The van der Waals surface area contributed by atoms with E-state index >= 15 is 0 Å². The highest BCUT2D eigenvalue weighted by Crippen LogP contribution is 2.21. The first-order valence-electron chi connectivity index (χ1n) is 5.65. The molecule has 6 nitrogen and oxygen atoms in total. The molecule has 0 unspecified atom stereocenters. The van der Waals surface area contributed by atoms with Crippen LogP contribution in [0.1, 0.15) is 25.7 Å². The largest absolute Gasteiger partial charge is 0.285 e. The third-order valence-corrected chi connectivity index (χ3v) is 3.31. The zero-order valence-corrected chi connectivity index (χ0v) is 11.3. The number of fused-ring (bicyclic) bond motifs is 1. The molecule has 0 fully saturated rings. The average molecular weight is 268 g/mol. The van der Waals surface area contributed by atoms with E-state index in [0.717, 1.165) is 6.26 Å². The van der Waals surface area contributed by atoms with Crippen LogP contribution in [0.25, 0.3) is 5.65 Å². The van der Waals surface area contributed by atoms with Crippen LogP contribution in [0, 0.1) is 5.92 Å². The Hall–Kier alpha value is -1.47. The number of hydrogen-bond acceptors (Lipinski definition) is 4. The van der Waals surface area contributed by atoms with Gasteiger partial charge in [0.1, 0.15) is 0 Å². The van der Waals surface area contributed by atoms with E-state index in [4.69, 9.17) is 0 Å². The standard InChI is InChI=1S/C11H16N4O2S/c1-8(2)10(14-18(3,16)17)11-13-12-9-6-4-5-7-15(9)11/h4-8,10,14H,1-3H3/t10-/m0/s1. The smallest absolute Gasteiger partial charge is 0.209 e. The lowest BCUT2D eigenvalue weighted by Crippen LogP contribution is -2.32. The number of nitrogens with one attached hydrogen (secondary N) is 1. The summed E-state index contributed by atoms with van der Waals surface area (Å²) in [6.45, 7) is 3.87. The van der Waals surface area contributed by atoms with Gasteiger partial charge in [-0.2, -0.15) is 0 Å². The predicted molar refractivity (Wildman–Crippen MR) is 68.5 cm³/mol. The van der Waals surface area contributed by atoms with E-state index in [1.165, 1.54) is 0 Å². The molecule has 0 bridgehead atoms. The van der Waals surface area contributed by atoms with E-state index in [9.17, 15) is 8.42 Å². The molecule has 7 heteroatoms. The van der Waals surface area contributed by atoms with Crippen molar-refractivity contribution >= 4 is 15.7 Å². The van der Waals surface area contributed by atoms with Gasteiger partial charge in [-0.3, -0.25) is 4.40 Å². The minimum atomic E-state index is -3.29. The van der Waals surface area contributed by atoms with E-state index in [0.29, 0.717) is 11.5 Å². The molecule has 0 aliphatic carbocycles. The molecule has 18 heavy (non-hydrogen) atoms. The Kier molecular flexibility index (Phi) is 3.36. The predicted octanol–water partition coefficient (Wildman–Crippen LogP) is 0.976. The van der Waals surface area contributed by atoms with Crippen molar-refractivity contribution in [3.05, 3.63) is 30.2 Å². The van der Waals surface area contributed by atoms with Gasteiger partial charge < -0.3 is 0 Å². The summed E-state index contributed by atoms with van der Waals surface area (Å²) in [7, 11) is -3.29. The molecule has 2 aromatic heterocycles. The molecule has 0 aromatic carbocycles. The first-order valence-corrected chi connectivity index (χ1v) is 7.54. The van der Waals surface area contributed by atoms with Gasteiger partial charge in [-0.1, -0.05) is 19.9 Å². The Bertz CT molecular complexity index is 648. The topological polar surface area (TPSA) is 76.4 Å². The molecule has 2 rings (SSSR count). The Morgan fingerprint density at radius 1 is 1.28 bits per heavy atom. The minimum absolute atomic E-state index is 0.0762. The SMILES string of the molecule is CC(C)[C@H](NS(C)(=O)=O)c1nnc2ccccn12. The first kappa shape index (κ1) is 13.0. The molecule has 0 amide bonds. The first-order chi connectivity index (χ1) is 8.38. The quantitative estimate of drug-likeness (QED) is 0.896. The van der Waals surface area contributed by atoms with Gasteiger partial charge in [0.15, 0.2) is 11.5 Å². The van der Waals surface area contributed by atoms with Crippen LogP contribution in [0.3, 0.4) is 0 Å². The third-order valence-electron chi connectivity index (χ3n) is 2.63. The van der Waals surface area contributed by atoms with Gasteiger partial charge >= 0.3 is 0 Å². The maximum Gasteiger partial charge on any atom is 0.209 e.